The maximum Gasteiger partial charge on any atom is 0.414 e. The van der Waals surface area contributed by atoms with Crippen molar-refractivity contribution in [2.75, 3.05) is 14.1 Å². The summed E-state index contributed by atoms with van der Waals surface area (Å²) in [6.07, 6.45) is 5.17. The van der Waals surface area contributed by atoms with Gasteiger partial charge in [0.25, 0.3) is 0 Å². The summed E-state index contributed by atoms with van der Waals surface area (Å²) >= 11 is 0. The molecule has 0 bridgehead atoms. The molecule has 1 aliphatic carbocycles. The number of nitrogens with zero attached hydrogens (tertiary/aromatic N) is 2. The Balaban J connectivity index is 1.74. The quantitative estimate of drug-likeness (QED) is 0.853. The lowest BCUT2D eigenvalue weighted by Crippen LogP contribution is -2.38. The molecule has 1 heterocycles. The number of hydrogen-bond acceptors (Lipinski definition) is 3. The molecule has 1 atom stereocenters. The summed E-state index contributed by atoms with van der Waals surface area (Å²) < 4.78 is 20.7. The van der Waals surface area contributed by atoms with Crippen LogP contribution in [0.1, 0.15) is 49.4 Å². The van der Waals surface area contributed by atoms with Crippen molar-refractivity contribution in [3.8, 4) is 5.88 Å². The van der Waals surface area contributed by atoms with Crippen LogP contribution >= 0.6 is 0 Å². The Hall–Kier alpha value is -2.34. The zero-order valence-corrected chi connectivity index (χ0v) is 16.2. The fourth-order valence-electron chi connectivity index (χ4n) is 3.80. The summed E-state index contributed by atoms with van der Waals surface area (Å²) in [5, 5.41) is 2.97. The first-order valence-electron chi connectivity index (χ1n) is 9.51. The largest absolute Gasteiger partial charge is 0.414 e. The van der Waals surface area contributed by atoms with Gasteiger partial charge in [0, 0.05) is 24.8 Å². The van der Waals surface area contributed by atoms with Crippen LogP contribution in [0.25, 0.3) is 0 Å². The lowest BCUT2D eigenvalue weighted by Gasteiger charge is -2.26. The number of halogens is 1. The van der Waals surface area contributed by atoms with Crippen molar-refractivity contribution in [1.82, 2.24) is 14.8 Å². The van der Waals surface area contributed by atoms with Gasteiger partial charge in [-0.2, -0.15) is 0 Å². The minimum Gasteiger partial charge on any atom is -0.393 e. The number of rotatable bonds is 5. The second kappa shape index (κ2) is 8.57. The molecule has 1 saturated carbocycles. The van der Waals surface area contributed by atoms with Crippen molar-refractivity contribution in [2.45, 2.75) is 44.2 Å². The van der Waals surface area contributed by atoms with Gasteiger partial charge < -0.3 is 14.6 Å². The Morgan fingerprint density at radius 3 is 2.44 bits per heavy atom. The first-order valence-corrected chi connectivity index (χ1v) is 9.51. The highest BCUT2D eigenvalue weighted by Gasteiger charge is 2.23. The van der Waals surface area contributed by atoms with Crippen LogP contribution in [0.15, 0.2) is 36.4 Å². The summed E-state index contributed by atoms with van der Waals surface area (Å²) in [7, 11) is 5.81. The zero-order chi connectivity index (χ0) is 19.4. The fourth-order valence-corrected chi connectivity index (χ4v) is 3.80. The highest BCUT2D eigenvalue weighted by molar-refractivity contribution is 5.70. The Morgan fingerprint density at radius 1 is 1.15 bits per heavy atom. The molecule has 2 aromatic rings. The molecule has 0 radical (unpaired) electrons. The highest BCUT2D eigenvalue weighted by Crippen LogP contribution is 2.30. The SMILES string of the molecule is CN(C)C(c1ccc(F)cc1)c1ccc(OC(=O)NC2CCCCC2)n1C. The number of nitrogens with one attached hydrogen (secondary N) is 1. The van der Waals surface area contributed by atoms with E-state index >= 15 is 0 Å². The number of hydrogen-bond donors (Lipinski definition) is 1. The van der Waals surface area contributed by atoms with E-state index in [1.54, 1.807) is 18.2 Å². The van der Waals surface area contributed by atoms with Crippen molar-refractivity contribution < 1.29 is 13.9 Å². The maximum absolute atomic E-state index is 13.3. The number of ether oxygens (including phenoxy) is 1. The fraction of sp³-hybridized carbons (Fsp3) is 0.476. The van der Waals surface area contributed by atoms with Crippen molar-refractivity contribution in [2.24, 2.45) is 7.05 Å². The third kappa shape index (κ3) is 4.69. The first-order chi connectivity index (χ1) is 13.0. The topological polar surface area (TPSA) is 46.5 Å². The van der Waals surface area contributed by atoms with Crippen molar-refractivity contribution in [3.05, 3.63) is 53.5 Å². The van der Waals surface area contributed by atoms with Gasteiger partial charge >= 0.3 is 6.09 Å². The van der Waals surface area contributed by atoms with Crippen LogP contribution in [0.5, 0.6) is 5.88 Å². The first kappa shape index (κ1) is 19.4. The van der Waals surface area contributed by atoms with Crippen molar-refractivity contribution in [1.29, 1.82) is 0 Å². The number of carbonyl (C=O) groups is 1. The Labute approximate surface area is 160 Å². The van der Waals surface area contributed by atoms with Crippen LogP contribution < -0.4 is 10.1 Å². The molecule has 0 spiro atoms. The van der Waals surface area contributed by atoms with Crippen LogP contribution in [-0.2, 0) is 7.05 Å². The molecule has 1 N–H and O–H groups in total. The average molecular weight is 373 g/mol. The molecule has 6 heteroatoms. The standard InChI is InChI=1S/C21H28FN3O2/c1-24(2)20(15-9-11-16(22)12-10-15)18-13-14-19(25(18)3)27-21(26)23-17-7-5-4-6-8-17/h9-14,17,20H,4-8H2,1-3H3,(H,23,26). The molecule has 5 nitrogen and oxygen atoms in total. The second-order valence-electron chi connectivity index (χ2n) is 7.44. The summed E-state index contributed by atoms with van der Waals surface area (Å²) in [6.45, 7) is 0. The van der Waals surface area contributed by atoms with E-state index in [4.69, 9.17) is 4.74 Å². The van der Waals surface area contributed by atoms with Gasteiger partial charge in [0.2, 0.25) is 5.88 Å². The highest BCUT2D eigenvalue weighted by atomic mass is 19.1. The lowest BCUT2D eigenvalue weighted by atomic mass is 9.96. The normalized spacial score (nSPS) is 16.3. The molecular weight excluding hydrogens is 345 g/mol. The molecule has 1 aliphatic rings. The van der Waals surface area contributed by atoms with Gasteiger partial charge in [-0.05, 0) is 50.7 Å². The van der Waals surface area contributed by atoms with E-state index in [1.165, 1.54) is 18.6 Å². The van der Waals surface area contributed by atoms with E-state index in [0.29, 0.717) is 5.88 Å². The molecule has 27 heavy (non-hydrogen) atoms. The number of carbonyl (C=O) groups excluding carboxylic acids is 1. The van der Waals surface area contributed by atoms with Gasteiger partial charge in [-0.3, -0.25) is 4.90 Å². The van der Waals surface area contributed by atoms with Crippen LogP contribution in [0.4, 0.5) is 9.18 Å². The zero-order valence-electron chi connectivity index (χ0n) is 16.2. The third-order valence-electron chi connectivity index (χ3n) is 5.22. The molecule has 0 saturated heterocycles. The lowest BCUT2D eigenvalue weighted by molar-refractivity contribution is 0.188. The van der Waals surface area contributed by atoms with E-state index in [0.717, 1.165) is 36.9 Å². The Morgan fingerprint density at radius 2 is 1.81 bits per heavy atom. The van der Waals surface area contributed by atoms with Gasteiger partial charge in [-0.25, -0.2) is 9.18 Å². The van der Waals surface area contributed by atoms with Crippen molar-refractivity contribution >= 4 is 6.09 Å². The molecule has 1 fully saturated rings. The number of amides is 1. The second-order valence-corrected chi connectivity index (χ2v) is 7.44. The van der Waals surface area contributed by atoms with Gasteiger partial charge in [0.15, 0.2) is 0 Å². The van der Waals surface area contributed by atoms with E-state index < -0.39 is 6.09 Å². The number of benzene rings is 1. The Kier molecular flexibility index (Phi) is 6.16. The predicted molar refractivity (Wildman–Crippen MR) is 103 cm³/mol. The van der Waals surface area contributed by atoms with E-state index in [9.17, 15) is 9.18 Å². The monoisotopic (exact) mass is 373 g/mol. The van der Waals surface area contributed by atoms with Crippen LogP contribution in [0.3, 0.4) is 0 Å². The van der Waals surface area contributed by atoms with Crippen LogP contribution in [0, 0.1) is 5.82 Å². The molecule has 1 aromatic heterocycles. The van der Waals surface area contributed by atoms with Gasteiger partial charge in [-0.1, -0.05) is 31.4 Å². The summed E-state index contributed by atoms with van der Waals surface area (Å²) in [4.78, 5) is 14.3. The molecule has 3 rings (SSSR count). The van der Waals surface area contributed by atoms with E-state index in [2.05, 4.69) is 10.2 Å². The third-order valence-corrected chi connectivity index (χ3v) is 5.22. The van der Waals surface area contributed by atoms with E-state index in [1.807, 2.05) is 31.8 Å². The molecule has 0 aliphatic heterocycles. The minimum atomic E-state index is -0.405. The number of aromatic nitrogens is 1. The van der Waals surface area contributed by atoms with Crippen LogP contribution in [0.2, 0.25) is 0 Å². The predicted octanol–water partition coefficient (Wildman–Crippen LogP) is 4.24. The Bertz CT molecular complexity index is 764. The van der Waals surface area contributed by atoms with Crippen molar-refractivity contribution in [3.63, 3.8) is 0 Å². The van der Waals surface area contributed by atoms with Crippen LogP contribution in [-0.4, -0.2) is 35.7 Å². The summed E-state index contributed by atoms with van der Waals surface area (Å²) in [6, 6.07) is 10.4. The van der Waals surface area contributed by atoms with Gasteiger partial charge in [0.05, 0.1) is 6.04 Å². The summed E-state index contributed by atoms with van der Waals surface area (Å²) in [5.41, 5.74) is 1.94. The molecule has 1 amide bonds. The molecule has 146 valence electrons. The van der Waals surface area contributed by atoms with Gasteiger partial charge in [-0.15, -0.1) is 0 Å². The molecule has 1 unspecified atom stereocenters. The van der Waals surface area contributed by atoms with E-state index in [-0.39, 0.29) is 17.9 Å². The average Bonchev–Trinajstić information content (AvgIpc) is 2.98. The molecule has 1 aromatic carbocycles. The maximum atomic E-state index is 13.3. The smallest absolute Gasteiger partial charge is 0.393 e. The van der Waals surface area contributed by atoms with Gasteiger partial charge in [0.1, 0.15) is 5.82 Å². The summed E-state index contributed by atoms with van der Waals surface area (Å²) in [5.74, 6) is 0.235. The molecular formula is C21H28FN3O2. The minimum absolute atomic E-state index is 0.0747.